The number of amides is 1. The number of piperazine rings is 1. The number of hydrogen-bond donors (Lipinski definition) is 1. The van der Waals surface area contributed by atoms with E-state index in [0.717, 1.165) is 26.2 Å². The highest BCUT2D eigenvalue weighted by Gasteiger charge is 2.21. The second kappa shape index (κ2) is 5.83. The van der Waals surface area contributed by atoms with Crippen LogP contribution >= 0.6 is 0 Å². The second-order valence-electron chi connectivity index (χ2n) is 5.71. The molecule has 0 atom stereocenters. The van der Waals surface area contributed by atoms with E-state index in [1.807, 2.05) is 4.90 Å². The summed E-state index contributed by atoms with van der Waals surface area (Å²) in [6.45, 7) is 3.93. The number of rotatable bonds is 3. The van der Waals surface area contributed by atoms with E-state index in [1.165, 1.54) is 36.1 Å². The van der Waals surface area contributed by atoms with Crippen molar-refractivity contribution in [1.29, 1.82) is 0 Å². The molecule has 1 aliphatic carbocycles. The molecule has 0 saturated carbocycles. The van der Waals surface area contributed by atoms with Crippen molar-refractivity contribution in [3.05, 3.63) is 29.3 Å². The normalized spacial score (nSPS) is 18.2. The van der Waals surface area contributed by atoms with Gasteiger partial charge in [-0.15, -0.1) is 0 Å². The van der Waals surface area contributed by atoms with Gasteiger partial charge in [-0.3, -0.25) is 4.79 Å². The summed E-state index contributed by atoms with van der Waals surface area (Å²) in [5.41, 5.74) is 9.80. The summed E-state index contributed by atoms with van der Waals surface area (Å²) >= 11 is 0. The molecule has 2 N–H and O–H groups in total. The molecule has 1 heterocycles. The van der Waals surface area contributed by atoms with Crippen molar-refractivity contribution in [1.82, 2.24) is 4.90 Å². The molecule has 0 spiro atoms. The largest absolute Gasteiger partial charge is 0.368 e. The number of nitrogens with two attached hydrogens (primary N) is 1. The predicted molar refractivity (Wildman–Crippen MR) is 80.9 cm³/mol. The van der Waals surface area contributed by atoms with Crippen LogP contribution in [0.3, 0.4) is 0 Å². The first-order valence-electron chi connectivity index (χ1n) is 7.62. The Hall–Kier alpha value is -1.55. The molecule has 1 aromatic rings. The van der Waals surface area contributed by atoms with Crippen LogP contribution in [0, 0.1) is 0 Å². The summed E-state index contributed by atoms with van der Waals surface area (Å²) in [6.07, 6.45) is 4.22. The molecule has 0 unspecified atom stereocenters. The number of benzene rings is 1. The molecule has 20 heavy (non-hydrogen) atoms. The lowest BCUT2D eigenvalue weighted by molar-refractivity contribution is -0.131. The second-order valence-corrected chi connectivity index (χ2v) is 5.71. The van der Waals surface area contributed by atoms with Gasteiger partial charge in [-0.1, -0.05) is 6.07 Å². The minimum Gasteiger partial charge on any atom is -0.368 e. The highest BCUT2D eigenvalue weighted by atomic mass is 16.2. The lowest BCUT2D eigenvalue weighted by Crippen LogP contribution is -2.49. The smallest absolute Gasteiger partial charge is 0.223 e. The summed E-state index contributed by atoms with van der Waals surface area (Å²) in [7, 11) is 0. The summed E-state index contributed by atoms with van der Waals surface area (Å²) in [4.78, 5) is 16.2. The Morgan fingerprint density at radius 3 is 2.60 bits per heavy atom. The van der Waals surface area contributed by atoms with Crippen LogP contribution in [0.1, 0.15) is 24.0 Å². The number of carbonyl (C=O) groups is 1. The molecular weight excluding hydrogens is 250 g/mol. The quantitative estimate of drug-likeness (QED) is 0.899. The van der Waals surface area contributed by atoms with Crippen LogP contribution < -0.4 is 10.6 Å². The van der Waals surface area contributed by atoms with E-state index in [9.17, 15) is 4.79 Å². The fourth-order valence-corrected chi connectivity index (χ4v) is 3.25. The molecule has 4 heteroatoms. The standard InChI is InChI=1S/C16H23N3O/c17-7-6-16(20)19-10-8-18(9-11-19)15-5-4-13-2-1-3-14(13)12-15/h4-5,12H,1-3,6-11,17H2. The van der Waals surface area contributed by atoms with Crippen LogP contribution in [0.25, 0.3) is 0 Å². The topological polar surface area (TPSA) is 49.6 Å². The van der Waals surface area contributed by atoms with E-state index in [4.69, 9.17) is 5.73 Å². The van der Waals surface area contributed by atoms with Crippen molar-refractivity contribution >= 4 is 11.6 Å². The third-order valence-electron chi connectivity index (χ3n) is 4.44. The molecule has 4 nitrogen and oxygen atoms in total. The maximum atomic E-state index is 11.8. The van der Waals surface area contributed by atoms with Gasteiger partial charge in [0, 0.05) is 44.8 Å². The number of anilines is 1. The predicted octanol–water partition coefficient (Wildman–Crippen LogP) is 1.17. The zero-order valence-corrected chi connectivity index (χ0v) is 12.0. The van der Waals surface area contributed by atoms with E-state index in [-0.39, 0.29) is 5.91 Å². The Labute approximate surface area is 120 Å². The Morgan fingerprint density at radius 2 is 1.85 bits per heavy atom. The monoisotopic (exact) mass is 273 g/mol. The minimum absolute atomic E-state index is 0.195. The fraction of sp³-hybridized carbons (Fsp3) is 0.562. The summed E-state index contributed by atoms with van der Waals surface area (Å²) in [6, 6.07) is 6.87. The van der Waals surface area contributed by atoms with Crippen LogP contribution in [0.4, 0.5) is 5.69 Å². The molecule has 0 bridgehead atoms. The molecule has 1 aliphatic heterocycles. The Morgan fingerprint density at radius 1 is 1.10 bits per heavy atom. The molecule has 3 rings (SSSR count). The van der Waals surface area contributed by atoms with Crippen molar-refractivity contribution in [2.24, 2.45) is 5.73 Å². The van der Waals surface area contributed by atoms with Crippen molar-refractivity contribution in [3.8, 4) is 0 Å². The van der Waals surface area contributed by atoms with Crippen molar-refractivity contribution in [2.75, 3.05) is 37.6 Å². The molecule has 1 amide bonds. The third-order valence-corrected chi connectivity index (χ3v) is 4.44. The first-order valence-corrected chi connectivity index (χ1v) is 7.62. The average Bonchev–Trinajstić information content (AvgIpc) is 2.95. The minimum atomic E-state index is 0.195. The van der Waals surface area contributed by atoms with Crippen LogP contribution in [0.15, 0.2) is 18.2 Å². The number of hydrogen-bond acceptors (Lipinski definition) is 3. The Bertz CT molecular complexity index is 492. The van der Waals surface area contributed by atoms with Crippen LogP contribution in [-0.4, -0.2) is 43.5 Å². The number of carbonyl (C=O) groups excluding carboxylic acids is 1. The Kier molecular flexibility index (Phi) is 3.92. The highest BCUT2D eigenvalue weighted by Crippen LogP contribution is 2.27. The van der Waals surface area contributed by atoms with Crippen LogP contribution in [0.2, 0.25) is 0 Å². The van der Waals surface area contributed by atoms with Gasteiger partial charge in [0.25, 0.3) is 0 Å². The maximum Gasteiger partial charge on any atom is 0.223 e. The van der Waals surface area contributed by atoms with Gasteiger partial charge in [-0.05, 0) is 42.5 Å². The molecule has 108 valence electrons. The first-order chi connectivity index (χ1) is 9.78. The van der Waals surface area contributed by atoms with Crippen LogP contribution in [0.5, 0.6) is 0 Å². The third kappa shape index (κ3) is 2.66. The molecule has 2 aliphatic rings. The molecule has 0 aromatic heterocycles. The summed E-state index contributed by atoms with van der Waals surface area (Å²) in [5.74, 6) is 0.195. The SMILES string of the molecule is NCCC(=O)N1CCN(c2ccc3c(c2)CCC3)CC1. The lowest BCUT2D eigenvalue weighted by atomic mass is 10.1. The van der Waals surface area contributed by atoms with Gasteiger partial charge in [0.15, 0.2) is 0 Å². The van der Waals surface area contributed by atoms with E-state index in [1.54, 1.807) is 0 Å². The number of nitrogens with zero attached hydrogens (tertiary/aromatic N) is 2. The highest BCUT2D eigenvalue weighted by molar-refractivity contribution is 5.76. The fourth-order valence-electron chi connectivity index (χ4n) is 3.25. The summed E-state index contributed by atoms with van der Waals surface area (Å²) < 4.78 is 0. The van der Waals surface area contributed by atoms with Gasteiger partial charge in [0.05, 0.1) is 0 Å². The van der Waals surface area contributed by atoms with E-state index >= 15 is 0 Å². The van der Waals surface area contributed by atoms with E-state index in [0.29, 0.717) is 13.0 Å². The van der Waals surface area contributed by atoms with E-state index < -0.39 is 0 Å². The van der Waals surface area contributed by atoms with Crippen molar-refractivity contribution in [3.63, 3.8) is 0 Å². The molecule has 0 radical (unpaired) electrons. The lowest BCUT2D eigenvalue weighted by Gasteiger charge is -2.36. The van der Waals surface area contributed by atoms with Gasteiger partial charge in [-0.25, -0.2) is 0 Å². The van der Waals surface area contributed by atoms with Gasteiger partial charge in [0.2, 0.25) is 5.91 Å². The number of aryl methyl sites for hydroxylation is 2. The summed E-state index contributed by atoms with van der Waals surface area (Å²) in [5, 5.41) is 0. The molecular formula is C16H23N3O. The zero-order chi connectivity index (χ0) is 13.9. The maximum absolute atomic E-state index is 11.8. The Balaban J connectivity index is 1.62. The van der Waals surface area contributed by atoms with Crippen molar-refractivity contribution in [2.45, 2.75) is 25.7 Å². The van der Waals surface area contributed by atoms with Crippen molar-refractivity contribution < 1.29 is 4.79 Å². The van der Waals surface area contributed by atoms with Gasteiger partial charge >= 0.3 is 0 Å². The van der Waals surface area contributed by atoms with Gasteiger partial charge < -0.3 is 15.5 Å². The number of fused-ring (bicyclic) bond motifs is 1. The average molecular weight is 273 g/mol. The molecule has 1 fully saturated rings. The van der Waals surface area contributed by atoms with Gasteiger partial charge in [0.1, 0.15) is 0 Å². The van der Waals surface area contributed by atoms with Crippen LogP contribution in [-0.2, 0) is 17.6 Å². The molecule has 1 aromatic carbocycles. The molecule has 1 saturated heterocycles. The van der Waals surface area contributed by atoms with Gasteiger partial charge in [-0.2, -0.15) is 0 Å². The van der Waals surface area contributed by atoms with E-state index in [2.05, 4.69) is 23.1 Å². The zero-order valence-electron chi connectivity index (χ0n) is 12.0. The first kappa shape index (κ1) is 13.4.